The molecular weight excluding hydrogens is 235 g/mol. The Morgan fingerprint density at radius 3 is 2.94 bits per heavy atom. The summed E-state index contributed by atoms with van der Waals surface area (Å²) in [4.78, 5) is 4.17. The first kappa shape index (κ1) is 12.5. The molecule has 0 aliphatic rings. The smallest absolute Gasteiger partial charge is 0.264 e. The van der Waals surface area contributed by atoms with Crippen molar-refractivity contribution >= 4 is 0 Å². The molecule has 0 fully saturated rings. The lowest BCUT2D eigenvalue weighted by atomic mass is 10.2. The molecule has 0 N–H and O–H groups in total. The van der Waals surface area contributed by atoms with Gasteiger partial charge >= 0.3 is 0 Å². The van der Waals surface area contributed by atoms with Crippen molar-refractivity contribution in [1.29, 1.82) is 0 Å². The predicted molar refractivity (Wildman–Crippen MR) is 63.6 cm³/mol. The third kappa shape index (κ3) is 3.29. The van der Waals surface area contributed by atoms with Crippen molar-refractivity contribution in [1.82, 2.24) is 10.1 Å². The number of hydrogen-bond donors (Lipinski definition) is 0. The summed E-state index contributed by atoms with van der Waals surface area (Å²) in [7, 11) is 0. The number of aromatic nitrogens is 2. The first-order valence-electron chi connectivity index (χ1n) is 5.98. The van der Waals surface area contributed by atoms with Crippen molar-refractivity contribution in [2.75, 3.05) is 0 Å². The van der Waals surface area contributed by atoms with Crippen LogP contribution in [-0.2, 0) is 13.0 Å². The topological polar surface area (TPSA) is 48.2 Å². The first-order valence-corrected chi connectivity index (χ1v) is 5.98. The van der Waals surface area contributed by atoms with E-state index in [0.29, 0.717) is 11.7 Å². The summed E-state index contributed by atoms with van der Waals surface area (Å²) in [6.45, 7) is 2.18. The number of aryl methyl sites for hydroxylation is 1. The summed E-state index contributed by atoms with van der Waals surface area (Å²) in [6, 6.07) is 6.22. The highest BCUT2D eigenvalue weighted by Crippen LogP contribution is 2.16. The second-order valence-electron chi connectivity index (χ2n) is 3.93. The number of rotatable bonds is 6. The van der Waals surface area contributed by atoms with Gasteiger partial charge in [-0.25, -0.2) is 4.39 Å². The predicted octanol–water partition coefficient (Wildman–Crippen LogP) is 3.13. The highest BCUT2D eigenvalue weighted by molar-refractivity contribution is 5.23. The SMILES string of the molecule is CCCCc1noc(COc2ccccc2F)n1. The molecule has 1 aromatic carbocycles. The number of unbranched alkanes of at least 4 members (excludes halogenated alkanes) is 1. The largest absolute Gasteiger partial charge is 0.481 e. The fourth-order valence-electron chi connectivity index (χ4n) is 1.49. The van der Waals surface area contributed by atoms with Crippen molar-refractivity contribution in [3.8, 4) is 5.75 Å². The monoisotopic (exact) mass is 250 g/mol. The minimum absolute atomic E-state index is 0.0834. The average Bonchev–Trinajstić information content (AvgIpc) is 2.83. The zero-order valence-corrected chi connectivity index (χ0v) is 10.2. The maximum atomic E-state index is 13.3. The molecule has 0 bridgehead atoms. The van der Waals surface area contributed by atoms with Gasteiger partial charge < -0.3 is 9.26 Å². The van der Waals surface area contributed by atoms with Gasteiger partial charge in [0.25, 0.3) is 5.89 Å². The lowest BCUT2D eigenvalue weighted by Crippen LogP contribution is -1.98. The van der Waals surface area contributed by atoms with Gasteiger partial charge in [-0.2, -0.15) is 4.98 Å². The minimum atomic E-state index is -0.400. The van der Waals surface area contributed by atoms with Gasteiger partial charge in [-0.05, 0) is 18.6 Å². The molecule has 0 aliphatic heterocycles. The lowest BCUT2D eigenvalue weighted by molar-refractivity contribution is 0.234. The van der Waals surface area contributed by atoms with Crippen molar-refractivity contribution in [3.05, 3.63) is 41.8 Å². The quantitative estimate of drug-likeness (QED) is 0.790. The second-order valence-corrected chi connectivity index (χ2v) is 3.93. The number of hydrogen-bond acceptors (Lipinski definition) is 4. The van der Waals surface area contributed by atoms with Crippen LogP contribution in [0.2, 0.25) is 0 Å². The van der Waals surface area contributed by atoms with Crippen LogP contribution >= 0.6 is 0 Å². The van der Waals surface area contributed by atoms with Crippen LogP contribution in [0.15, 0.2) is 28.8 Å². The number of nitrogens with zero attached hydrogens (tertiary/aromatic N) is 2. The maximum Gasteiger partial charge on any atom is 0.264 e. The molecule has 0 amide bonds. The average molecular weight is 250 g/mol. The van der Waals surface area contributed by atoms with Crippen LogP contribution < -0.4 is 4.74 Å². The van der Waals surface area contributed by atoms with E-state index in [2.05, 4.69) is 17.1 Å². The normalized spacial score (nSPS) is 10.6. The summed E-state index contributed by atoms with van der Waals surface area (Å²) < 4.78 is 23.6. The number of ether oxygens (including phenoxy) is 1. The Bertz CT molecular complexity index is 499. The maximum absolute atomic E-state index is 13.3. The van der Waals surface area contributed by atoms with E-state index in [1.165, 1.54) is 6.07 Å². The molecule has 18 heavy (non-hydrogen) atoms. The molecule has 0 spiro atoms. The van der Waals surface area contributed by atoms with Crippen molar-refractivity contribution in [2.45, 2.75) is 32.8 Å². The van der Waals surface area contributed by atoms with E-state index in [9.17, 15) is 4.39 Å². The summed E-state index contributed by atoms with van der Waals surface area (Å²) in [6.07, 6.45) is 2.89. The lowest BCUT2D eigenvalue weighted by Gasteiger charge is -2.03. The van der Waals surface area contributed by atoms with Crippen LogP contribution in [0.1, 0.15) is 31.5 Å². The fourth-order valence-corrected chi connectivity index (χ4v) is 1.49. The summed E-state index contributed by atoms with van der Waals surface area (Å²) in [5.41, 5.74) is 0. The van der Waals surface area contributed by atoms with Gasteiger partial charge in [0.2, 0.25) is 0 Å². The molecular formula is C13H15FN2O2. The molecule has 4 nitrogen and oxygen atoms in total. The Labute approximate surface area is 105 Å². The zero-order valence-electron chi connectivity index (χ0n) is 10.2. The Hall–Kier alpha value is -1.91. The molecule has 1 aromatic heterocycles. The molecule has 0 aliphatic carbocycles. The van der Waals surface area contributed by atoms with E-state index < -0.39 is 5.82 Å². The second kappa shape index (κ2) is 6.14. The zero-order chi connectivity index (χ0) is 12.8. The molecule has 1 heterocycles. The van der Waals surface area contributed by atoms with Gasteiger partial charge in [0.15, 0.2) is 24.0 Å². The van der Waals surface area contributed by atoms with Gasteiger partial charge in [0.1, 0.15) is 0 Å². The van der Waals surface area contributed by atoms with E-state index in [0.717, 1.165) is 19.3 Å². The Morgan fingerprint density at radius 2 is 2.17 bits per heavy atom. The Balaban J connectivity index is 1.90. The van der Waals surface area contributed by atoms with Crippen LogP contribution in [0.3, 0.4) is 0 Å². The van der Waals surface area contributed by atoms with Crippen molar-refractivity contribution in [2.24, 2.45) is 0 Å². The van der Waals surface area contributed by atoms with E-state index in [1.54, 1.807) is 18.2 Å². The summed E-state index contributed by atoms with van der Waals surface area (Å²) in [5.74, 6) is 0.822. The number of benzene rings is 1. The fraction of sp³-hybridized carbons (Fsp3) is 0.385. The van der Waals surface area contributed by atoms with Crippen LogP contribution in [0.5, 0.6) is 5.75 Å². The van der Waals surface area contributed by atoms with Gasteiger partial charge in [-0.15, -0.1) is 0 Å². The van der Waals surface area contributed by atoms with Gasteiger partial charge in [0.05, 0.1) is 0 Å². The highest BCUT2D eigenvalue weighted by atomic mass is 19.1. The minimum Gasteiger partial charge on any atom is -0.481 e. The number of halogens is 1. The first-order chi connectivity index (χ1) is 8.79. The third-order valence-electron chi connectivity index (χ3n) is 2.45. The molecule has 2 aromatic rings. The van der Waals surface area contributed by atoms with Crippen LogP contribution in [0.25, 0.3) is 0 Å². The van der Waals surface area contributed by atoms with Crippen molar-refractivity contribution in [3.63, 3.8) is 0 Å². The van der Waals surface area contributed by atoms with E-state index in [4.69, 9.17) is 9.26 Å². The molecule has 0 radical (unpaired) electrons. The van der Waals surface area contributed by atoms with E-state index in [1.807, 2.05) is 0 Å². The summed E-state index contributed by atoms with van der Waals surface area (Å²) >= 11 is 0. The molecule has 5 heteroatoms. The van der Waals surface area contributed by atoms with E-state index >= 15 is 0 Å². The summed E-state index contributed by atoms with van der Waals surface area (Å²) in [5, 5.41) is 3.83. The molecule has 96 valence electrons. The molecule has 0 unspecified atom stereocenters. The number of para-hydroxylation sites is 1. The standard InChI is InChI=1S/C13H15FN2O2/c1-2-3-8-12-15-13(18-16-12)9-17-11-7-5-4-6-10(11)14/h4-7H,2-3,8-9H2,1H3. The van der Waals surface area contributed by atoms with Crippen LogP contribution in [0, 0.1) is 5.82 Å². The Kier molecular flexibility index (Phi) is 4.28. The van der Waals surface area contributed by atoms with Gasteiger partial charge in [0, 0.05) is 6.42 Å². The van der Waals surface area contributed by atoms with Crippen LogP contribution in [0.4, 0.5) is 4.39 Å². The van der Waals surface area contributed by atoms with Crippen LogP contribution in [-0.4, -0.2) is 10.1 Å². The molecule has 2 rings (SSSR count). The highest BCUT2D eigenvalue weighted by Gasteiger charge is 2.08. The third-order valence-corrected chi connectivity index (χ3v) is 2.45. The molecule has 0 atom stereocenters. The van der Waals surface area contributed by atoms with Gasteiger partial charge in [-0.1, -0.05) is 30.6 Å². The van der Waals surface area contributed by atoms with Crippen molar-refractivity contribution < 1.29 is 13.7 Å². The Morgan fingerprint density at radius 1 is 1.33 bits per heavy atom. The van der Waals surface area contributed by atoms with Gasteiger partial charge in [-0.3, -0.25) is 0 Å². The van der Waals surface area contributed by atoms with E-state index in [-0.39, 0.29) is 12.4 Å². The molecule has 0 saturated carbocycles. The molecule has 0 saturated heterocycles.